The van der Waals surface area contributed by atoms with Crippen molar-refractivity contribution in [2.24, 2.45) is 0 Å². The smallest absolute Gasteiger partial charge is 0.243 e. The second-order valence-electron chi connectivity index (χ2n) is 6.41. The van der Waals surface area contributed by atoms with Crippen molar-refractivity contribution in [1.29, 1.82) is 0 Å². The summed E-state index contributed by atoms with van der Waals surface area (Å²) in [5.74, 6) is 0.0169. The van der Waals surface area contributed by atoms with Crippen LogP contribution in [0, 0.1) is 5.82 Å². The molecular formula is C20H19FN4O2S. The minimum absolute atomic E-state index is 0.0191. The van der Waals surface area contributed by atoms with Crippen LogP contribution in [0.2, 0.25) is 0 Å². The predicted molar refractivity (Wildman–Crippen MR) is 105 cm³/mol. The highest BCUT2D eigenvalue weighted by Gasteiger charge is 2.21. The molecule has 8 heteroatoms. The fourth-order valence-electron chi connectivity index (χ4n) is 3.16. The third kappa shape index (κ3) is 3.69. The van der Waals surface area contributed by atoms with Gasteiger partial charge in [-0.1, -0.05) is 36.4 Å². The second kappa shape index (κ2) is 7.57. The molecule has 2 N–H and O–H groups in total. The molecule has 0 atom stereocenters. The highest BCUT2D eigenvalue weighted by atomic mass is 32.2. The molecule has 2 heterocycles. The van der Waals surface area contributed by atoms with Gasteiger partial charge in [-0.2, -0.15) is 0 Å². The lowest BCUT2D eigenvalue weighted by Gasteiger charge is -2.09. The first-order valence-corrected chi connectivity index (χ1v) is 10.3. The number of aromatic nitrogens is 3. The van der Waals surface area contributed by atoms with Crippen molar-refractivity contribution < 1.29 is 12.8 Å². The number of nitrogens with zero attached hydrogens (tertiary/aromatic N) is 2. The molecule has 0 spiro atoms. The van der Waals surface area contributed by atoms with E-state index in [1.807, 2.05) is 41.1 Å². The first-order chi connectivity index (χ1) is 13.5. The summed E-state index contributed by atoms with van der Waals surface area (Å²) in [5.41, 5.74) is 1.63. The lowest BCUT2D eigenvalue weighted by molar-refractivity contribution is 0.572. The molecule has 0 aliphatic carbocycles. The molecule has 6 nitrogen and oxygen atoms in total. The molecule has 0 aliphatic heterocycles. The van der Waals surface area contributed by atoms with E-state index < -0.39 is 15.8 Å². The van der Waals surface area contributed by atoms with Crippen LogP contribution in [-0.2, 0) is 29.5 Å². The number of imidazole rings is 1. The number of H-pyrrole nitrogens is 1. The zero-order chi connectivity index (χ0) is 19.6. The number of halogens is 1. The minimum atomic E-state index is -3.90. The average molecular weight is 398 g/mol. The summed E-state index contributed by atoms with van der Waals surface area (Å²) in [6.07, 6.45) is 5.57. The first kappa shape index (κ1) is 18.4. The summed E-state index contributed by atoms with van der Waals surface area (Å²) in [7, 11) is -3.90. The quantitative estimate of drug-likeness (QED) is 0.502. The van der Waals surface area contributed by atoms with Crippen molar-refractivity contribution in [3.8, 4) is 0 Å². The van der Waals surface area contributed by atoms with Crippen LogP contribution >= 0.6 is 0 Å². The fourth-order valence-corrected chi connectivity index (χ4v) is 4.33. The Labute approximate surface area is 162 Å². The SMILES string of the molecule is O=S(=O)(NCc1nccn1CCc1ccccc1)c1c[nH]c2cccc(F)c12. The lowest BCUT2D eigenvalue weighted by Crippen LogP contribution is -2.25. The number of benzene rings is 2. The third-order valence-electron chi connectivity index (χ3n) is 4.61. The van der Waals surface area contributed by atoms with Crippen LogP contribution in [0.25, 0.3) is 10.9 Å². The topological polar surface area (TPSA) is 79.8 Å². The van der Waals surface area contributed by atoms with Gasteiger partial charge in [-0.15, -0.1) is 0 Å². The standard InChI is InChI=1S/C20H19FN4O2S/c21-16-7-4-8-17-20(16)18(13-23-17)28(26,27)24-14-19-22-10-12-25(19)11-9-15-5-2-1-3-6-15/h1-8,10,12-13,23-24H,9,11,14H2. The van der Waals surface area contributed by atoms with Crippen LogP contribution < -0.4 is 4.72 Å². The average Bonchev–Trinajstić information content (AvgIpc) is 3.33. The lowest BCUT2D eigenvalue weighted by atomic mass is 10.1. The first-order valence-electron chi connectivity index (χ1n) is 8.84. The molecule has 0 fully saturated rings. The van der Waals surface area contributed by atoms with Crippen molar-refractivity contribution in [2.75, 3.05) is 0 Å². The largest absolute Gasteiger partial charge is 0.360 e. The normalized spacial score (nSPS) is 11.9. The van der Waals surface area contributed by atoms with Gasteiger partial charge in [0.15, 0.2) is 0 Å². The number of sulfonamides is 1. The number of nitrogens with one attached hydrogen (secondary N) is 2. The summed E-state index contributed by atoms with van der Waals surface area (Å²) >= 11 is 0. The molecule has 4 aromatic rings. The van der Waals surface area contributed by atoms with Gasteiger partial charge in [0, 0.05) is 30.7 Å². The Morgan fingerprint density at radius 1 is 1.11 bits per heavy atom. The second-order valence-corrected chi connectivity index (χ2v) is 8.15. The Bertz CT molecular complexity index is 1200. The van der Waals surface area contributed by atoms with Crippen LogP contribution in [0.5, 0.6) is 0 Å². The number of aromatic amines is 1. The van der Waals surface area contributed by atoms with Crippen LogP contribution in [0.4, 0.5) is 4.39 Å². The summed E-state index contributed by atoms with van der Waals surface area (Å²) in [4.78, 5) is 6.94. The number of rotatable bonds is 7. The van der Waals surface area contributed by atoms with E-state index in [0.717, 1.165) is 6.42 Å². The molecule has 0 saturated carbocycles. The Kier molecular flexibility index (Phi) is 4.97. The van der Waals surface area contributed by atoms with Crippen molar-refractivity contribution in [1.82, 2.24) is 19.3 Å². The molecule has 2 aromatic heterocycles. The van der Waals surface area contributed by atoms with Crippen molar-refractivity contribution in [2.45, 2.75) is 24.4 Å². The zero-order valence-electron chi connectivity index (χ0n) is 15.0. The summed E-state index contributed by atoms with van der Waals surface area (Å²) in [6, 6.07) is 14.4. The highest BCUT2D eigenvalue weighted by molar-refractivity contribution is 7.89. The molecule has 0 radical (unpaired) electrons. The van der Waals surface area contributed by atoms with Gasteiger partial charge in [-0.05, 0) is 24.1 Å². The summed E-state index contributed by atoms with van der Waals surface area (Å²) in [6.45, 7) is 0.702. The van der Waals surface area contributed by atoms with E-state index in [4.69, 9.17) is 0 Å². The maximum absolute atomic E-state index is 14.1. The molecular weight excluding hydrogens is 379 g/mol. The summed E-state index contributed by atoms with van der Waals surface area (Å²) < 4.78 is 44.0. The number of hydrogen-bond acceptors (Lipinski definition) is 3. The Morgan fingerprint density at radius 2 is 1.93 bits per heavy atom. The van der Waals surface area contributed by atoms with E-state index in [0.29, 0.717) is 17.9 Å². The van der Waals surface area contributed by atoms with Crippen LogP contribution in [0.3, 0.4) is 0 Å². The predicted octanol–water partition coefficient (Wildman–Crippen LogP) is 3.22. The number of hydrogen-bond donors (Lipinski definition) is 2. The molecule has 144 valence electrons. The molecule has 0 aliphatic rings. The van der Waals surface area contributed by atoms with Gasteiger partial charge in [0.2, 0.25) is 10.0 Å². The van der Waals surface area contributed by atoms with E-state index in [9.17, 15) is 12.8 Å². The summed E-state index contributed by atoms with van der Waals surface area (Å²) in [5, 5.41) is 0.0578. The van der Waals surface area contributed by atoms with E-state index in [2.05, 4.69) is 14.7 Å². The molecule has 0 amide bonds. The Hall–Kier alpha value is -2.97. The maximum atomic E-state index is 14.1. The number of fused-ring (bicyclic) bond motifs is 1. The Balaban J connectivity index is 1.49. The van der Waals surface area contributed by atoms with Gasteiger partial charge in [-0.25, -0.2) is 22.5 Å². The third-order valence-corrected chi connectivity index (χ3v) is 6.04. The van der Waals surface area contributed by atoms with Crippen LogP contribution in [0.15, 0.2) is 72.0 Å². The monoisotopic (exact) mass is 398 g/mol. The van der Waals surface area contributed by atoms with Gasteiger partial charge in [-0.3, -0.25) is 0 Å². The van der Waals surface area contributed by atoms with Gasteiger partial charge < -0.3 is 9.55 Å². The van der Waals surface area contributed by atoms with Crippen molar-refractivity contribution in [3.05, 3.63) is 84.3 Å². The van der Waals surface area contributed by atoms with Gasteiger partial charge in [0.05, 0.1) is 11.9 Å². The van der Waals surface area contributed by atoms with Crippen LogP contribution in [-0.4, -0.2) is 23.0 Å². The van der Waals surface area contributed by atoms with Gasteiger partial charge >= 0.3 is 0 Å². The molecule has 4 rings (SSSR count). The van der Waals surface area contributed by atoms with Crippen molar-refractivity contribution >= 4 is 20.9 Å². The van der Waals surface area contributed by atoms with Gasteiger partial charge in [0.25, 0.3) is 0 Å². The Morgan fingerprint density at radius 3 is 2.75 bits per heavy atom. The van der Waals surface area contributed by atoms with E-state index in [-0.39, 0.29) is 16.8 Å². The minimum Gasteiger partial charge on any atom is -0.360 e. The highest BCUT2D eigenvalue weighted by Crippen LogP contribution is 2.25. The van der Waals surface area contributed by atoms with Crippen LogP contribution in [0.1, 0.15) is 11.4 Å². The molecule has 2 aromatic carbocycles. The van der Waals surface area contributed by atoms with Crippen molar-refractivity contribution in [3.63, 3.8) is 0 Å². The molecule has 0 bridgehead atoms. The van der Waals surface area contributed by atoms with E-state index >= 15 is 0 Å². The molecule has 28 heavy (non-hydrogen) atoms. The van der Waals surface area contributed by atoms with E-state index in [1.54, 1.807) is 12.3 Å². The number of aryl methyl sites for hydroxylation is 2. The molecule has 0 unspecified atom stereocenters. The maximum Gasteiger partial charge on any atom is 0.243 e. The van der Waals surface area contributed by atoms with Gasteiger partial charge in [0.1, 0.15) is 16.5 Å². The van der Waals surface area contributed by atoms with E-state index in [1.165, 1.54) is 23.9 Å². The fraction of sp³-hybridized carbons (Fsp3) is 0.150. The molecule has 0 saturated heterocycles. The zero-order valence-corrected chi connectivity index (χ0v) is 15.8.